The van der Waals surface area contributed by atoms with E-state index in [1.807, 2.05) is 31.2 Å². The van der Waals surface area contributed by atoms with Crippen LogP contribution in [0.2, 0.25) is 0 Å². The molecule has 0 spiro atoms. The summed E-state index contributed by atoms with van der Waals surface area (Å²) < 4.78 is 10.9. The van der Waals surface area contributed by atoms with Gasteiger partial charge < -0.3 is 24.7 Å². The molecule has 1 fully saturated rings. The summed E-state index contributed by atoms with van der Waals surface area (Å²) in [4.78, 5) is 31.6. The fourth-order valence-corrected chi connectivity index (χ4v) is 7.46. The number of carbonyl (C=O) groups is 2. The summed E-state index contributed by atoms with van der Waals surface area (Å²) >= 11 is 1.39. The number of benzene rings is 1. The lowest BCUT2D eigenvalue weighted by molar-refractivity contribution is -0.144. The van der Waals surface area contributed by atoms with Crippen molar-refractivity contribution in [1.82, 2.24) is 10.3 Å². The SMILES string of the molecule is C[C@]1(CO)[C@H]2Cc3sc(NC(=O)COc4ccccc4)nc3[C@@H](CC(=O)NCc3ccco3)[C@]2(C)CC[C@H]1O. The second kappa shape index (κ2) is 11.1. The Bertz CT molecular complexity index is 1300. The molecule has 2 heterocycles. The van der Waals surface area contributed by atoms with Crippen LogP contribution >= 0.6 is 11.3 Å². The van der Waals surface area contributed by atoms with Crippen molar-refractivity contribution in [2.45, 2.75) is 58.1 Å². The Morgan fingerprint density at radius 1 is 1.18 bits per heavy atom. The molecule has 2 aromatic heterocycles. The zero-order valence-electron chi connectivity index (χ0n) is 22.2. The van der Waals surface area contributed by atoms with Gasteiger partial charge in [0.25, 0.3) is 5.91 Å². The number of hydrogen-bond acceptors (Lipinski definition) is 8. The molecule has 5 atom stereocenters. The molecular formula is C29H35N3O6S. The topological polar surface area (TPSA) is 134 Å². The molecule has 0 aliphatic heterocycles. The molecule has 39 heavy (non-hydrogen) atoms. The van der Waals surface area contributed by atoms with Crippen molar-refractivity contribution < 1.29 is 29.0 Å². The van der Waals surface area contributed by atoms with Gasteiger partial charge in [0.05, 0.1) is 31.2 Å². The Hall–Kier alpha value is -3.21. The van der Waals surface area contributed by atoms with Crippen LogP contribution in [0.1, 0.15) is 55.4 Å². The number of furan rings is 1. The van der Waals surface area contributed by atoms with Gasteiger partial charge in [0.2, 0.25) is 5.91 Å². The van der Waals surface area contributed by atoms with Crippen molar-refractivity contribution in [3.05, 3.63) is 65.1 Å². The zero-order chi connectivity index (χ0) is 27.6. The Kier molecular flexibility index (Phi) is 7.80. The number of nitrogens with one attached hydrogen (secondary N) is 2. The number of ether oxygens (including phenoxy) is 1. The third kappa shape index (κ3) is 5.46. The van der Waals surface area contributed by atoms with Gasteiger partial charge >= 0.3 is 0 Å². The molecule has 10 heteroatoms. The highest BCUT2D eigenvalue weighted by Crippen LogP contribution is 2.62. The lowest BCUT2D eigenvalue weighted by atomic mass is 9.47. The first-order chi connectivity index (χ1) is 18.7. The summed E-state index contributed by atoms with van der Waals surface area (Å²) in [7, 11) is 0. The molecule has 4 N–H and O–H groups in total. The number of thiazole rings is 1. The Morgan fingerprint density at radius 3 is 2.69 bits per heavy atom. The molecule has 2 aliphatic carbocycles. The van der Waals surface area contributed by atoms with Crippen molar-refractivity contribution in [2.24, 2.45) is 16.7 Å². The maximum Gasteiger partial charge on any atom is 0.264 e. The maximum absolute atomic E-state index is 13.2. The maximum atomic E-state index is 13.2. The average molecular weight is 554 g/mol. The third-order valence-corrected chi connectivity index (χ3v) is 9.69. The molecule has 0 bridgehead atoms. The van der Waals surface area contributed by atoms with Crippen LogP contribution in [0.5, 0.6) is 5.75 Å². The molecule has 2 amide bonds. The lowest BCUT2D eigenvalue weighted by Gasteiger charge is -2.58. The van der Waals surface area contributed by atoms with Crippen molar-refractivity contribution in [3.8, 4) is 5.75 Å². The fraction of sp³-hybridized carbons (Fsp3) is 0.483. The van der Waals surface area contributed by atoms with Crippen LogP contribution in [0.4, 0.5) is 5.13 Å². The molecule has 5 rings (SSSR count). The van der Waals surface area contributed by atoms with E-state index in [1.54, 1.807) is 24.5 Å². The van der Waals surface area contributed by atoms with Gasteiger partial charge in [0.1, 0.15) is 11.5 Å². The Morgan fingerprint density at radius 2 is 1.97 bits per heavy atom. The molecule has 9 nitrogen and oxygen atoms in total. The van der Waals surface area contributed by atoms with Crippen molar-refractivity contribution in [2.75, 3.05) is 18.5 Å². The number of aromatic nitrogens is 1. The van der Waals surface area contributed by atoms with Crippen LogP contribution in [0.25, 0.3) is 0 Å². The highest BCUT2D eigenvalue weighted by Gasteiger charge is 2.59. The molecule has 3 aromatic rings. The second-order valence-electron chi connectivity index (χ2n) is 11.1. The van der Waals surface area contributed by atoms with E-state index in [0.29, 0.717) is 42.4 Å². The minimum Gasteiger partial charge on any atom is -0.484 e. The second-order valence-corrected chi connectivity index (χ2v) is 12.2. The van der Waals surface area contributed by atoms with E-state index in [0.717, 1.165) is 10.6 Å². The predicted molar refractivity (Wildman–Crippen MR) is 146 cm³/mol. The van der Waals surface area contributed by atoms with Crippen LogP contribution in [0, 0.1) is 16.7 Å². The quantitative estimate of drug-likeness (QED) is 0.316. The van der Waals surface area contributed by atoms with Crippen LogP contribution in [-0.4, -0.2) is 46.3 Å². The average Bonchev–Trinajstić information content (AvgIpc) is 3.60. The monoisotopic (exact) mass is 553 g/mol. The first-order valence-corrected chi connectivity index (χ1v) is 14.1. The van der Waals surface area contributed by atoms with Gasteiger partial charge in [-0.3, -0.25) is 14.9 Å². The third-order valence-electron chi connectivity index (χ3n) is 8.68. The number of aliphatic hydroxyl groups excluding tert-OH is 2. The van der Waals surface area contributed by atoms with Gasteiger partial charge in [-0.15, -0.1) is 11.3 Å². The van der Waals surface area contributed by atoms with E-state index in [2.05, 4.69) is 17.6 Å². The first kappa shape index (κ1) is 27.4. The Labute approximate surface area is 231 Å². The zero-order valence-corrected chi connectivity index (χ0v) is 23.0. The number of amides is 2. The van der Waals surface area contributed by atoms with E-state index in [-0.39, 0.29) is 48.7 Å². The summed E-state index contributed by atoms with van der Waals surface area (Å²) in [6.07, 6.45) is 2.98. The minimum absolute atomic E-state index is 0.0699. The van der Waals surface area contributed by atoms with Crippen molar-refractivity contribution in [1.29, 1.82) is 0 Å². The normalized spacial score (nSPS) is 27.7. The summed E-state index contributed by atoms with van der Waals surface area (Å²) in [5, 5.41) is 27.6. The molecule has 1 saturated carbocycles. The number of anilines is 1. The largest absolute Gasteiger partial charge is 0.484 e. The van der Waals surface area contributed by atoms with E-state index in [4.69, 9.17) is 14.1 Å². The minimum atomic E-state index is -0.718. The number of fused-ring (bicyclic) bond motifs is 2. The van der Waals surface area contributed by atoms with Crippen LogP contribution in [-0.2, 0) is 22.6 Å². The van der Waals surface area contributed by atoms with E-state index >= 15 is 0 Å². The molecule has 1 aromatic carbocycles. The van der Waals surface area contributed by atoms with Crippen LogP contribution < -0.4 is 15.4 Å². The van der Waals surface area contributed by atoms with Gasteiger partial charge in [0, 0.05) is 22.6 Å². The standard InChI is InChI=1S/C29H35N3O6S/c1-28-11-10-23(34)29(2,17-33)22(28)14-21-26(20(28)13-24(35)30-15-19-9-6-12-37-19)32-27(39-21)31-25(36)16-38-18-7-4-3-5-8-18/h3-9,12,20,22-23,33-34H,10-11,13-17H2,1-2H3,(H,30,35)(H,31,32,36)/t20-,22+,23-,28+,29+/m1/s1. The summed E-state index contributed by atoms with van der Waals surface area (Å²) in [6.45, 7) is 4.07. The molecule has 0 unspecified atom stereocenters. The molecular weight excluding hydrogens is 518 g/mol. The van der Waals surface area contributed by atoms with Crippen molar-refractivity contribution in [3.63, 3.8) is 0 Å². The Balaban J connectivity index is 1.38. The van der Waals surface area contributed by atoms with Gasteiger partial charge in [-0.2, -0.15) is 0 Å². The number of para-hydroxylation sites is 1. The smallest absolute Gasteiger partial charge is 0.264 e. The highest BCUT2D eigenvalue weighted by molar-refractivity contribution is 7.15. The number of nitrogens with zero attached hydrogens (tertiary/aromatic N) is 1. The molecule has 208 valence electrons. The van der Waals surface area contributed by atoms with E-state index in [1.165, 1.54) is 11.3 Å². The molecule has 0 radical (unpaired) electrons. The number of rotatable bonds is 9. The van der Waals surface area contributed by atoms with Gasteiger partial charge in [-0.25, -0.2) is 4.98 Å². The van der Waals surface area contributed by atoms with Gasteiger partial charge in [-0.05, 0) is 54.9 Å². The number of carbonyl (C=O) groups excluding carboxylic acids is 2. The van der Waals surface area contributed by atoms with Crippen LogP contribution in [0.15, 0.2) is 53.1 Å². The van der Waals surface area contributed by atoms with Crippen molar-refractivity contribution >= 4 is 28.3 Å². The highest BCUT2D eigenvalue weighted by atomic mass is 32.1. The summed E-state index contributed by atoms with van der Waals surface area (Å²) in [6, 6.07) is 12.7. The van der Waals surface area contributed by atoms with Gasteiger partial charge in [0.15, 0.2) is 11.7 Å². The van der Waals surface area contributed by atoms with E-state index < -0.39 is 11.5 Å². The lowest BCUT2D eigenvalue weighted by Crippen LogP contribution is -2.57. The summed E-state index contributed by atoms with van der Waals surface area (Å²) in [5.74, 6) is 0.503. The summed E-state index contributed by atoms with van der Waals surface area (Å²) in [5.41, 5.74) is -0.287. The molecule has 2 aliphatic rings. The van der Waals surface area contributed by atoms with E-state index in [9.17, 15) is 19.8 Å². The number of aliphatic hydroxyl groups is 2. The van der Waals surface area contributed by atoms with Gasteiger partial charge in [-0.1, -0.05) is 32.0 Å². The number of hydrogen-bond donors (Lipinski definition) is 4. The predicted octanol–water partition coefficient (Wildman–Crippen LogP) is 3.88. The fourth-order valence-electron chi connectivity index (χ4n) is 6.38. The van der Waals surface area contributed by atoms with Crippen LogP contribution in [0.3, 0.4) is 0 Å². The first-order valence-electron chi connectivity index (χ1n) is 13.3. The molecule has 0 saturated heterocycles.